The van der Waals surface area contributed by atoms with Crippen LogP contribution in [-0.2, 0) is 13.0 Å². The third-order valence-corrected chi connectivity index (χ3v) is 6.60. The van der Waals surface area contributed by atoms with E-state index in [0.29, 0.717) is 57.6 Å². The van der Waals surface area contributed by atoms with Gasteiger partial charge in [-0.1, -0.05) is 6.42 Å². The van der Waals surface area contributed by atoms with Gasteiger partial charge >= 0.3 is 0 Å². The average Bonchev–Trinajstić information content (AvgIpc) is 2.89. The van der Waals surface area contributed by atoms with Crippen LogP contribution in [0.2, 0.25) is 0 Å². The van der Waals surface area contributed by atoms with Crippen LogP contribution < -0.4 is 20.3 Å². The molecule has 8 heteroatoms. The second kappa shape index (κ2) is 7.18. The summed E-state index contributed by atoms with van der Waals surface area (Å²) < 4.78 is 12.9. The van der Waals surface area contributed by atoms with Crippen molar-refractivity contribution >= 4 is 33.1 Å². The van der Waals surface area contributed by atoms with Crippen molar-refractivity contribution in [3.05, 3.63) is 44.8 Å². The van der Waals surface area contributed by atoms with E-state index in [-0.39, 0.29) is 11.5 Å². The lowest BCUT2D eigenvalue weighted by atomic mass is 10.2. The highest BCUT2D eigenvalue weighted by molar-refractivity contribution is 7.20. The number of aryl methyl sites for hydroxylation is 2. The number of carbonyl (C=O) groups is 1. The molecule has 0 saturated heterocycles. The molecule has 1 amide bonds. The van der Waals surface area contributed by atoms with Crippen molar-refractivity contribution in [2.45, 2.75) is 39.2 Å². The van der Waals surface area contributed by atoms with Gasteiger partial charge in [0.25, 0.3) is 11.5 Å². The summed E-state index contributed by atoms with van der Waals surface area (Å²) in [5.41, 5.74) is 1.28. The van der Waals surface area contributed by atoms with Gasteiger partial charge in [-0.3, -0.25) is 14.2 Å². The number of nitrogens with zero attached hydrogens (tertiary/aromatic N) is 2. The van der Waals surface area contributed by atoms with Crippen molar-refractivity contribution in [1.82, 2.24) is 9.55 Å². The molecule has 0 unspecified atom stereocenters. The van der Waals surface area contributed by atoms with Crippen molar-refractivity contribution in [2.24, 2.45) is 0 Å². The first-order valence-electron chi connectivity index (χ1n) is 9.85. The normalized spacial score (nSPS) is 15.6. The maximum Gasteiger partial charge on any atom is 0.266 e. The molecule has 29 heavy (non-hydrogen) atoms. The van der Waals surface area contributed by atoms with Crippen molar-refractivity contribution < 1.29 is 14.3 Å². The minimum atomic E-state index is -0.248. The van der Waals surface area contributed by atoms with E-state index >= 15 is 0 Å². The predicted octanol–water partition coefficient (Wildman–Crippen LogP) is 3.52. The van der Waals surface area contributed by atoms with Crippen LogP contribution in [0, 0.1) is 6.92 Å². The smallest absolute Gasteiger partial charge is 0.266 e. The summed E-state index contributed by atoms with van der Waals surface area (Å²) in [4.78, 5) is 31.9. The Morgan fingerprint density at radius 2 is 2.00 bits per heavy atom. The minimum Gasteiger partial charge on any atom is -0.486 e. The zero-order valence-electron chi connectivity index (χ0n) is 16.1. The molecule has 150 valence electrons. The Morgan fingerprint density at radius 1 is 1.17 bits per heavy atom. The number of hydrogen-bond donors (Lipinski definition) is 1. The first kappa shape index (κ1) is 18.2. The van der Waals surface area contributed by atoms with E-state index in [1.807, 2.05) is 6.92 Å². The van der Waals surface area contributed by atoms with Crippen LogP contribution in [0.1, 0.15) is 40.3 Å². The second-order valence-corrected chi connectivity index (χ2v) is 8.34. The van der Waals surface area contributed by atoms with E-state index in [0.717, 1.165) is 31.5 Å². The van der Waals surface area contributed by atoms with Gasteiger partial charge in [0.15, 0.2) is 11.5 Å². The highest BCUT2D eigenvalue weighted by Gasteiger charge is 2.23. The lowest BCUT2D eigenvalue weighted by Crippen LogP contribution is -2.24. The van der Waals surface area contributed by atoms with E-state index in [4.69, 9.17) is 14.5 Å². The molecule has 0 aliphatic carbocycles. The van der Waals surface area contributed by atoms with Gasteiger partial charge in [-0.2, -0.15) is 0 Å². The van der Waals surface area contributed by atoms with Gasteiger partial charge in [0, 0.05) is 24.7 Å². The molecule has 4 heterocycles. The molecule has 5 rings (SSSR count). The van der Waals surface area contributed by atoms with E-state index in [1.54, 1.807) is 22.8 Å². The molecule has 0 spiro atoms. The van der Waals surface area contributed by atoms with Crippen molar-refractivity contribution in [3.8, 4) is 11.5 Å². The highest BCUT2D eigenvalue weighted by atomic mass is 32.1. The fourth-order valence-corrected chi connectivity index (χ4v) is 5.02. The number of thiophene rings is 1. The highest BCUT2D eigenvalue weighted by Crippen LogP contribution is 2.34. The molecule has 1 N–H and O–H groups in total. The van der Waals surface area contributed by atoms with E-state index < -0.39 is 0 Å². The van der Waals surface area contributed by atoms with E-state index in [9.17, 15) is 9.59 Å². The maximum atomic E-state index is 13.1. The molecule has 0 saturated carbocycles. The van der Waals surface area contributed by atoms with E-state index in [2.05, 4.69) is 5.32 Å². The largest absolute Gasteiger partial charge is 0.486 e. The van der Waals surface area contributed by atoms with Crippen molar-refractivity contribution in [2.75, 3.05) is 18.5 Å². The van der Waals surface area contributed by atoms with Crippen LogP contribution in [0.25, 0.3) is 10.2 Å². The van der Waals surface area contributed by atoms with Gasteiger partial charge in [-0.15, -0.1) is 11.3 Å². The molecule has 2 aromatic heterocycles. The summed E-state index contributed by atoms with van der Waals surface area (Å²) >= 11 is 1.28. The molecule has 2 aliphatic rings. The minimum absolute atomic E-state index is 0.0287. The number of carbonyl (C=O) groups excluding carboxylic acids is 1. The topological polar surface area (TPSA) is 82.4 Å². The number of amides is 1. The van der Waals surface area contributed by atoms with Crippen LogP contribution in [0.3, 0.4) is 0 Å². The van der Waals surface area contributed by atoms with Crippen LogP contribution in [0.15, 0.2) is 23.0 Å². The Morgan fingerprint density at radius 3 is 2.86 bits per heavy atom. The zero-order chi connectivity index (χ0) is 20.0. The molecule has 0 bridgehead atoms. The molecule has 7 nitrogen and oxygen atoms in total. The first-order chi connectivity index (χ1) is 14.1. The van der Waals surface area contributed by atoms with Gasteiger partial charge in [0.2, 0.25) is 0 Å². The molecule has 0 fully saturated rings. The summed E-state index contributed by atoms with van der Waals surface area (Å²) in [7, 11) is 0. The summed E-state index contributed by atoms with van der Waals surface area (Å²) in [5.74, 6) is 1.87. The van der Waals surface area contributed by atoms with Gasteiger partial charge in [0.1, 0.15) is 23.9 Å². The van der Waals surface area contributed by atoms with Crippen LogP contribution in [0.5, 0.6) is 11.5 Å². The molecule has 0 radical (unpaired) electrons. The Kier molecular flexibility index (Phi) is 4.50. The second-order valence-electron chi connectivity index (χ2n) is 7.34. The number of ether oxygens (including phenoxy) is 2. The molecule has 3 aromatic rings. The van der Waals surface area contributed by atoms with Gasteiger partial charge in [-0.25, -0.2) is 4.98 Å². The summed E-state index contributed by atoms with van der Waals surface area (Å²) in [5, 5.41) is 3.47. The van der Waals surface area contributed by atoms with Crippen LogP contribution in [0.4, 0.5) is 5.69 Å². The van der Waals surface area contributed by atoms with Crippen molar-refractivity contribution in [3.63, 3.8) is 0 Å². The molecular weight excluding hydrogens is 390 g/mol. The number of nitrogens with one attached hydrogen (secondary N) is 1. The Hall–Kier alpha value is -2.87. The zero-order valence-corrected chi connectivity index (χ0v) is 16.9. The monoisotopic (exact) mass is 411 g/mol. The summed E-state index contributed by atoms with van der Waals surface area (Å²) in [6.07, 6.45) is 3.94. The Bertz CT molecular complexity index is 1180. The number of fused-ring (bicyclic) bond motifs is 3. The molecule has 1 aromatic carbocycles. The number of anilines is 1. The number of benzene rings is 1. The fourth-order valence-electron chi connectivity index (χ4n) is 3.94. The molecule has 0 atom stereocenters. The average molecular weight is 411 g/mol. The third kappa shape index (κ3) is 3.17. The third-order valence-electron chi connectivity index (χ3n) is 5.42. The Labute approximate surface area is 171 Å². The quantitative estimate of drug-likeness (QED) is 0.698. The fraction of sp³-hybridized carbons (Fsp3) is 0.381. The van der Waals surface area contributed by atoms with Gasteiger partial charge in [-0.05, 0) is 37.5 Å². The van der Waals surface area contributed by atoms with Crippen LogP contribution >= 0.6 is 11.3 Å². The summed E-state index contributed by atoms with van der Waals surface area (Å²) in [6.45, 7) is 3.53. The van der Waals surface area contributed by atoms with E-state index in [1.165, 1.54) is 11.3 Å². The first-order valence-corrected chi connectivity index (χ1v) is 10.7. The molecular formula is C21H21N3O4S. The SMILES string of the molecule is Cc1c(C(=O)Nc2ccc3c(c2)OCCO3)sc2nc3n(c(=O)c12)CCCCC3. The van der Waals surface area contributed by atoms with Gasteiger partial charge < -0.3 is 14.8 Å². The number of aromatic nitrogens is 2. The lowest BCUT2D eigenvalue weighted by Gasteiger charge is -2.18. The van der Waals surface area contributed by atoms with Crippen LogP contribution in [-0.4, -0.2) is 28.7 Å². The Balaban J connectivity index is 1.50. The summed E-state index contributed by atoms with van der Waals surface area (Å²) in [6, 6.07) is 5.32. The molecule has 2 aliphatic heterocycles. The maximum absolute atomic E-state index is 13.1. The predicted molar refractivity (Wildman–Crippen MR) is 112 cm³/mol. The standard InChI is InChI=1S/C21H21N3O4S/c1-12-17-20(23-16-5-3-2-4-8-24(16)21(17)26)29-18(12)19(25)22-13-6-7-14-15(11-13)28-10-9-27-14/h6-7,11H,2-5,8-10H2,1H3,(H,22,25). The van der Waals surface area contributed by atoms with Gasteiger partial charge in [0.05, 0.1) is 10.3 Å². The number of rotatable bonds is 2. The lowest BCUT2D eigenvalue weighted by molar-refractivity contribution is 0.103. The number of hydrogen-bond acceptors (Lipinski definition) is 6. The van der Waals surface area contributed by atoms with Crippen molar-refractivity contribution in [1.29, 1.82) is 0 Å².